The summed E-state index contributed by atoms with van der Waals surface area (Å²) >= 11 is 0. The summed E-state index contributed by atoms with van der Waals surface area (Å²) < 4.78 is 10.3. The molecule has 1 aromatic carbocycles. The fourth-order valence-electron chi connectivity index (χ4n) is 1.67. The second-order valence-electron chi connectivity index (χ2n) is 3.52. The number of benzene rings is 1. The molecule has 5 heteroatoms. The van der Waals surface area contributed by atoms with Crippen LogP contribution in [0.15, 0.2) is 6.07 Å². The molecule has 0 saturated carbocycles. The van der Waals surface area contributed by atoms with Crippen LogP contribution in [0, 0.1) is 6.92 Å². The maximum atomic E-state index is 11.1. The van der Waals surface area contributed by atoms with Gasteiger partial charge in [0.05, 0.1) is 19.8 Å². The standard InChI is InChI=1S/C12H15NO4/c1-7-5-9(6-14)12(17-4)10(11(7)16-3)13-8(2)15/h5-6H,1-4H3,(H,13,15). The van der Waals surface area contributed by atoms with Crippen molar-refractivity contribution >= 4 is 17.9 Å². The van der Waals surface area contributed by atoms with Crippen molar-refractivity contribution in [2.75, 3.05) is 19.5 Å². The normalized spacial score (nSPS) is 9.65. The molecule has 92 valence electrons. The number of carbonyl (C=O) groups excluding carboxylic acids is 2. The maximum absolute atomic E-state index is 11.1. The van der Waals surface area contributed by atoms with Gasteiger partial charge in [-0.15, -0.1) is 0 Å². The Balaban J connectivity index is 3.51. The highest BCUT2D eigenvalue weighted by Crippen LogP contribution is 2.39. The van der Waals surface area contributed by atoms with Gasteiger partial charge >= 0.3 is 0 Å². The van der Waals surface area contributed by atoms with Crippen LogP contribution < -0.4 is 14.8 Å². The molecule has 0 aliphatic heterocycles. The third kappa shape index (κ3) is 2.55. The van der Waals surface area contributed by atoms with Crippen LogP contribution in [-0.2, 0) is 4.79 Å². The number of anilines is 1. The largest absolute Gasteiger partial charge is 0.494 e. The van der Waals surface area contributed by atoms with E-state index in [9.17, 15) is 9.59 Å². The van der Waals surface area contributed by atoms with Crippen molar-refractivity contribution in [1.82, 2.24) is 0 Å². The van der Waals surface area contributed by atoms with E-state index >= 15 is 0 Å². The van der Waals surface area contributed by atoms with Crippen LogP contribution in [0.3, 0.4) is 0 Å². The molecule has 0 saturated heterocycles. The van der Waals surface area contributed by atoms with Crippen molar-refractivity contribution in [2.45, 2.75) is 13.8 Å². The summed E-state index contributed by atoms with van der Waals surface area (Å²) in [4.78, 5) is 22.1. The van der Waals surface area contributed by atoms with Gasteiger partial charge in [-0.3, -0.25) is 9.59 Å². The molecule has 1 aromatic rings. The van der Waals surface area contributed by atoms with Gasteiger partial charge in [0.15, 0.2) is 12.0 Å². The predicted octanol–water partition coefficient (Wildman–Crippen LogP) is 1.78. The van der Waals surface area contributed by atoms with Crippen molar-refractivity contribution in [3.05, 3.63) is 17.2 Å². The van der Waals surface area contributed by atoms with Crippen LogP contribution in [0.5, 0.6) is 11.5 Å². The van der Waals surface area contributed by atoms with E-state index in [0.29, 0.717) is 29.0 Å². The second-order valence-corrected chi connectivity index (χ2v) is 3.52. The Morgan fingerprint density at radius 1 is 1.29 bits per heavy atom. The zero-order chi connectivity index (χ0) is 13.0. The number of ether oxygens (including phenoxy) is 2. The number of carbonyl (C=O) groups is 2. The first kappa shape index (κ1) is 13.0. The number of rotatable bonds is 4. The molecule has 0 atom stereocenters. The van der Waals surface area contributed by atoms with E-state index in [4.69, 9.17) is 9.47 Å². The lowest BCUT2D eigenvalue weighted by atomic mass is 10.1. The smallest absolute Gasteiger partial charge is 0.221 e. The molecule has 0 aliphatic rings. The lowest BCUT2D eigenvalue weighted by Gasteiger charge is -2.17. The molecule has 0 unspecified atom stereocenters. The highest BCUT2D eigenvalue weighted by atomic mass is 16.5. The zero-order valence-electron chi connectivity index (χ0n) is 10.3. The topological polar surface area (TPSA) is 64.6 Å². The van der Waals surface area contributed by atoms with Crippen LogP contribution >= 0.6 is 0 Å². The molecule has 0 spiro atoms. The highest BCUT2D eigenvalue weighted by molar-refractivity contribution is 5.96. The van der Waals surface area contributed by atoms with Crippen LogP contribution in [0.25, 0.3) is 0 Å². The lowest BCUT2D eigenvalue weighted by Crippen LogP contribution is -2.10. The summed E-state index contributed by atoms with van der Waals surface area (Å²) in [6.45, 7) is 3.17. The van der Waals surface area contributed by atoms with Gasteiger partial charge in [0.1, 0.15) is 11.4 Å². The van der Waals surface area contributed by atoms with Gasteiger partial charge in [-0.05, 0) is 18.6 Å². The summed E-state index contributed by atoms with van der Waals surface area (Å²) in [5, 5.41) is 2.61. The summed E-state index contributed by atoms with van der Waals surface area (Å²) in [6, 6.07) is 1.65. The molecule has 0 aromatic heterocycles. The van der Waals surface area contributed by atoms with Crippen molar-refractivity contribution < 1.29 is 19.1 Å². The molecule has 5 nitrogen and oxygen atoms in total. The molecule has 1 N–H and O–H groups in total. The number of hydrogen-bond acceptors (Lipinski definition) is 4. The molecular formula is C12H15NO4. The van der Waals surface area contributed by atoms with E-state index in [1.54, 1.807) is 13.0 Å². The molecule has 0 heterocycles. The number of methoxy groups -OCH3 is 2. The van der Waals surface area contributed by atoms with Gasteiger partial charge < -0.3 is 14.8 Å². The molecule has 0 aliphatic carbocycles. The fourth-order valence-corrected chi connectivity index (χ4v) is 1.67. The minimum atomic E-state index is -0.260. The average molecular weight is 237 g/mol. The van der Waals surface area contributed by atoms with Crippen LogP contribution in [0.2, 0.25) is 0 Å². The minimum absolute atomic E-state index is 0.260. The summed E-state index contributed by atoms with van der Waals surface area (Å²) in [5.74, 6) is 0.532. The van der Waals surface area contributed by atoms with Crippen molar-refractivity contribution in [3.8, 4) is 11.5 Å². The fraction of sp³-hybridized carbons (Fsp3) is 0.333. The Hall–Kier alpha value is -2.04. The van der Waals surface area contributed by atoms with Crippen LogP contribution in [0.4, 0.5) is 5.69 Å². The van der Waals surface area contributed by atoms with Crippen LogP contribution in [0.1, 0.15) is 22.8 Å². The first-order chi connectivity index (χ1) is 8.04. The van der Waals surface area contributed by atoms with E-state index in [-0.39, 0.29) is 5.91 Å². The van der Waals surface area contributed by atoms with Gasteiger partial charge in [-0.1, -0.05) is 0 Å². The Morgan fingerprint density at radius 3 is 2.29 bits per heavy atom. The Bertz CT molecular complexity index is 454. The van der Waals surface area contributed by atoms with Crippen molar-refractivity contribution in [1.29, 1.82) is 0 Å². The van der Waals surface area contributed by atoms with E-state index in [0.717, 1.165) is 5.56 Å². The third-order valence-corrected chi connectivity index (χ3v) is 2.28. The zero-order valence-corrected chi connectivity index (χ0v) is 10.3. The molecule has 17 heavy (non-hydrogen) atoms. The maximum Gasteiger partial charge on any atom is 0.221 e. The van der Waals surface area contributed by atoms with E-state index in [1.807, 2.05) is 0 Å². The van der Waals surface area contributed by atoms with E-state index in [2.05, 4.69) is 5.32 Å². The van der Waals surface area contributed by atoms with Gasteiger partial charge in [0, 0.05) is 6.92 Å². The Morgan fingerprint density at radius 2 is 1.88 bits per heavy atom. The number of aldehydes is 1. The summed E-state index contributed by atoms with van der Waals surface area (Å²) in [7, 11) is 2.93. The Labute approximate surface area is 99.7 Å². The second kappa shape index (κ2) is 5.34. The molecule has 1 rings (SSSR count). The summed E-state index contributed by atoms with van der Waals surface area (Å²) in [5.41, 5.74) is 1.50. The first-order valence-corrected chi connectivity index (χ1v) is 5.03. The number of nitrogens with one attached hydrogen (secondary N) is 1. The first-order valence-electron chi connectivity index (χ1n) is 5.03. The van der Waals surface area contributed by atoms with Crippen molar-refractivity contribution in [3.63, 3.8) is 0 Å². The highest BCUT2D eigenvalue weighted by Gasteiger charge is 2.18. The molecule has 0 fully saturated rings. The minimum Gasteiger partial charge on any atom is -0.494 e. The van der Waals surface area contributed by atoms with Gasteiger partial charge in [-0.2, -0.15) is 0 Å². The predicted molar refractivity (Wildman–Crippen MR) is 64.0 cm³/mol. The molecule has 0 bridgehead atoms. The quantitative estimate of drug-likeness (QED) is 0.811. The number of hydrogen-bond donors (Lipinski definition) is 1. The van der Waals surface area contributed by atoms with Crippen molar-refractivity contribution in [2.24, 2.45) is 0 Å². The average Bonchev–Trinajstić information content (AvgIpc) is 2.28. The molecule has 0 radical (unpaired) electrons. The number of amides is 1. The van der Waals surface area contributed by atoms with E-state index < -0.39 is 0 Å². The van der Waals surface area contributed by atoms with Crippen LogP contribution in [-0.4, -0.2) is 26.4 Å². The van der Waals surface area contributed by atoms with Gasteiger partial charge in [0.25, 0.3) is 0 Å². The van der Waals surface area contributed by atoms with E-state index in [1.165, 1.54) is 21.1 Å². The molecule has 1 amide bonds. The molecular weight excluding hydrogens is 222 g/mol. The Kier molecular flexibility index (Phi) is 4.09. The third-order valence-electron chi connectivity index (χ3n) is 2.28. The lowest BCUT2D eigenvalue weighted by molar-refractivity contribution is -0.114. The monoisotopic (exact) mass is 237 g/mol. The van der Waals surface area contributed by atoms with Gasteiger partial charge in [-0.25, -0.2) is 0 Å². The summed E-state index contributed by atoms with van der Waals surface area (Å²) in [6.07, 6.45) is 0.677. The number of aryl methyl sites for hydroxylation is 1. The SMILES string of the molecule is COc1c(C)cc(C=O)c(OC)c1NC(C)=O. The van der Waals surface area contributed by atoms with Gasteiger partial charge in [0.2, 0.25) is 5.91 Å².